The summed E-state index contributed by atoms with van der Waals surface area (Å²) in [5.41, 5.74) is 0. The Balaban J connectivity index is 3.36. The minimum absolute atomic E-state index is 0.00275. The van der Waals surface area contributed by atoms with Crippen LogP contribution >= 0.6 is 0 Å². The second-order valence-electron chi connectivity index (χ2n) is 11.4. The summed E-state index contributed by atoms with van der Waals surface area (Å²) >= 11 is 0. The molecule has 44 heavy (non-hydrogen) atoms. The second-order valence-corrected chi connectivity index (χ2v) is 11.4. The highest BCUT2D eigenvalue weighted by Gasteiger charge is 2.10. The summed E-state index contributed by atoms with van der Waals surface area (Å²) in [6.45, 7) is 16.3. The lowest BCUT2D eigenvalue weighted by Gasteiger charge is -2.20. The van der Waals surface area contributed by atoms with Gasteiger partial charge in [-0.1, -0.05) is 71.1 Å². The number of unbranched alkanes of at least 4 members (excludes halogenated alkanes) is 10. The molecule has 3 atom stereocenters. The quantitative estimate of drug-likeness (QED) is 0.0860. The SMILES string of the molecule is CCCCCCCCCCCCCOCC(C)OCC(C)OCC(C)OCCOCCOCCOCCOCCOCCO. The maximum absolute atomic E-state index is 8.60. The Morgan fingerprint density at radius 1 is 0.364 bits per heavy atom. The molecule has 0 saturated carbocycles. The third-order valence-electron chi connectivity index (χ3n) is 6.83. The van der Waals surface area contributed by atoms with E-state index in [4.69, 9.17) is 47.7 Å². The average Bonchev–Trinajstić information content (AvgIpc) is 3.02. The van der Waals surface area contributed by atoms with Gasteiger partial charge < -0.3 is 47.7 Å². The summed E-state index contributed by atoms with van der Waals surface area (Å²) < 4.78 is 50.2. The molecule has 0 amide bonds. The van der Waals surface area contributed by atoms with Crippen LogP contribution in [0.4, 0.5) is 0 Å². The highest BCUT2D eigenvalue weighted by Crippen LogP contribution is 2.11. The molecule has 0 aliphatic rings. The van der Waals surface area contributed by atoms with Gasteiger partial charge in [0.25, 0.3) is 0 Å². The standard InChI is InChI=1S/C34H70O10/c1-5-6-7-8-9-10-11-12-13-14-15-17-41-29-32(2)43-31-34(4)44-30-33(3)42-28-27-40-26-25-39-24-23-38-22-21-37-20-19-36-18-16-35/h32-35H,5-31H2,1-4H3. The van der Waals surface area contributed by atoms with Crippen LogP contribution in [0.15, 0.2) is 0 Å². The summed E-state index contributed by atoms with van der Waals surface area (Å²) in [6.07, 6.45) is 14.9. The molecule has 0 fully saturated rings. The van der Waals surface area contributed by atoms with Crippen LogP contribution in [0.1, 0.15) is 98.3 Å². The first-order chi connectivity index (χ1) is 21.6. The Morgan fingerprint density at radius 2 is 0.727 bits per heavy atom. The van der Waals surface area contributed by atoms with Crippen LogP contribution in [-0.2, 0) is 42.6 Å². The number of ether oxygens (including phenoxy) is 9. The Labute approximate surface area is 270 Å². The Kier molecular flexibility index (Phi) is 36.7. The molecule has 0 aliphatic heterocycles. The molecule has 0 aliphatic carbocycles. The van der Waals surface area contributed by atoms with Crippen molar-refractivity contribution in [1.82, 2.24) is 0 Å². The third kappa shape index (κ3) is 36.1. The molecular formula is C34H70O10. The van der Waals surface area contributed by atoms with Gasteiger partial charge in [-0.3, -0.25) is 0 Å². The van der Waals surface area contributed by atoms with Crippen molar-refractivity contribution in [2.75, 3.05) is 106 Å². The van der Waals surface area contributed by atoms with Crippen LogP contribution in [-0.4, -0.2) is 129 Å². The Bertz CT molecular complexity index is 528. The van der Waals surface area contributed by atoms with Crippen LogP contribution in [0.25, 0.3) is 0 Å². The lowest BCUT2D eigenvalue weighted by Crippen LogP contribution is -2.27. The van der Waals surface area contributed by atoms with Crippen LogP contribution < -0.4 is 0 Å². The minimum Gasteiger partial charge on any atom is -0.394 e. The largest absolute Gasteiger partial charge is 0.394 e. The number of rotatable bonds is 38. The number of hydrogen-bond donors (Lipinski definition) is 1. The van der Waals surface area contributed by atoms with E-state index in [1.165, 1.54) is 64.2 Å². The van der Waals surface area contributed by atoms with E-state index in [0.29, 0.717) is 92.5 Å². The first-order valence-electron chi connectivity index (χ1n) is 17.5. The zero-order valence-electron chi connectivity index (χ0n) is 28.9. The molecule has 0 heterocycles. The summed E-state index contributed by atoms with van der Waals surface area (Å²) in [5, 5.41) is 8.60. The van der Waals surface area contributed by atoms with Crippen LogP contribution in [0.3, 0.4) is 0 Å². The van der Waals surface area contributed by atoms with Crippen LogP contribution in [0.2, 0.25) is 0 Å². The molecule has 0 aromatic rings. The molecule has 0 aromatic heterocycles. The number of hydrogen-bond acceptors (Lipinski definition) is 10. The van der Waals surface area contributed by atoms with Crippen molar-refractivity contribution in [3.05, 3.63) is 0 Å². The predicted octanol–water partition coefficient (Wildman–Crippen LogP) is 5.60. The summed E-state index contributed by atoms with van der Waals surface area (Å²) in [6, 6.07) is 0. The van der Waals surface area contributed by atoms with Crippen molar-refractivity contribution in [2.24, 2.45) is 0 Å². The van der Waals surface area contributed by atoms with Gasteiger partial charge in [0.1, 0.15) is 0 Å². The van der Waals surface area contributed by atoms with E-state index in [0.717, 1.165) is 13.0 Å². The van der Waals surface area contributed by atoms with E-state index in [1.807, 2.05) is 13.8 Å². The van der Waals surface area contributed by atoms with Crippen molar-refractivity contribution in [2.45, 2.75) is 117 Å². The maximum Gasteiger partial charge on any atom is 0.0781 e. The molecule has 0 aromatic carbocycles. The molecule has 0 rings (SSSR count). The fourth-order valence-corrected chi connectivity index (χ4v) is 4.22. The van der Waals surface area contributed by atoms with Crippen molar-refractivity contribution in [1.29, 1.82) is 0 Å². The van der Waals surface area contributed by atoms with E-state index < -0.39 is 0 Å². The molecule has 10 heteroatoms. The van der Waals surface area contributed by atoms with Gasteiger partial charge in [-0.05, 0) is 27.2 Å². The zero-order chi connectivity index (χ0) is 32.2. The lowest BCUT2D eigenvalue weighted by molar-refractivity contribution is -0.0854. The Hall–Kier alpha value is -0.400. The van der Waals surface area contributed by atoms with Gasteiger partial charge in [0, 0.05) is 6.61 Å². The van der Waals surface area contributed by atoms with Gasteiger partial charge in [-0.25, -0.2) is 0 Å². The topological polar surface area (TPSA) is 103 Å². The molecule has 10 nitrogen and oxygen atoms in total. The molecule has 3 unspecified atom stereocenters. The van der Waals surface area contributed by atoms with Gasteiger partial charge in [0.15, 0.2) is 0 Å². The fraction of sp³-hybridized carbons (Fsp3) is 1.00. The number of aliphatic hydroxyl groups is 1. The van der Waals surface area contributed by atoms with E-state index in [1.54, 1.807) is 0 Å². The maximum atomic E-state index is 8.60. The molecule has 0 bridgehead atoms. The highest BCUT2D eigenvalue weighted by atomic mass is 16.6. The molecule has 266 valence electrons. The third-order valence-corrected chi connectivity index (χ3v) is 6.83. The van der Waals surface area contributed by atoms with Crippen LogP contribution in [0.5, 0.6) is 0 Å². The fourth-order valence-electron chi connectivity index (χ4n) is 4.22. The smallest absolute Gasteiger partial charge is 0.0781 e. The predicted molar refractivity (Wildman–Crippen MR) is 175 cm³/mol. The monoisotopic (exact) mass is 638 g/mol. The van der Waals surface area contributed by atoms with Gasteiger partial charge in [0.05, 0.1) is 117 Å². The van der Waals surface area contributed by atoms with Crippen molar-refractivity contribution in [3.63, 3.8) is 0 Å². The van der Waals surface area contributed by atoms with Crippen molar-refractivity contribution < 1.29 is 47.7 Å². The molecular weight excluding hydrogens is 568 g/mol. The lowest BCUT2D eigenvalue weighted by atomic mass is 10.1. The van der Waals surface area contributed by atoms with E-state index in [9.17, 15) is 0 Å². The zero-order valence-corrected chi connectivity index (χ0v) is 28.9. The average molecular weight is 639 g/mol. The van der Waals surface area contributed by atoms with Crippen molar-refractivity contribution >= 4 is 0 Å². The molecule has 1 N–H and O–H groups in total. The van der Waals surface area contributed by atoms with Gasteiger partial charge in [-0.15, -0.1) is 0 Å². The first-order valence-corrected chi connectivity index (χ1v) is 17.5. The Morgan fingerprint density at radius 3 is 1.18 bits per heavy atom. The minimum atomic E-state index is -0.0157. The van der Waals surface area contributed by atoms with E-state index >= 15 is 0 Å². The van der Waals surface area contributed by atoms with Gasteiger partial charge in [-0.2, -0.15) is 0 Å². The number of aliphatic hydroxyl groups excluding tert-OH is 1. The molecule has 0 radical (unpaired) electrons. The highest BCUT2D eigenvalue weighted by molar-refractivity contribution is 4.56. The van der Waals surface area contributed by atoms with Gasteiger partial charge in [0.2, 0.25) is 0 Å². The van der Waals surface area contributed by atoms with E-state index in [-0.39, 0.29) is 24.9 Å². The summed E-state index contributed by atoms with van der Waals surface area (Å²) in [5.74, 6) is 0. The normalized spacial score (nSPS) is 13.8. The van der Waals surface area contributed by atoms with Crippen molar-refractivity contribution in [3.8, 4) is 0 Å². The summed E-state index contributed by atoms with van der Waals surface area (Å²) in [4.78, 5) is 0. The van der Waals surface area contributed by atoms with E-state index in [2.05, 4.69) is 13.8 Å². The second kappa shape index (κ2) is 37.1. The van der Waals surface area contributed by atoms with Crippen LogP contribution in [0, 0.1) is 0 Å². The first kappa shape index (κ1) is 43.6. The summed E-state index contributed by atoms with van der Waals surface area (Å²) in [7, 11) is 0. The molecule has 0 saturated heterocycles. The van der Waals surface area contributed by atoms with Gasteiger partial charge >= 0.3 is 0 Å². The molecule has 0 spiro atoms.